The van der Waals surface area contributed by atoms with E-state index in [2.05, 4.69) is 0 Å². The molecule has 1 aliphatic heterocycles. The molecular formula is C19H22ClNO4S. The highest BCUT2D eigenvalue weighted by Crippen LogP contribution is 2.34. The number of carbonyl (C=O) groups is 2. The summed E-state index contributed by atoms with van der Waals surface area (Å²) in [6.07, 6.45) is 3.08. The molecule has 1 saturated carbocycles. The number of thioether (sulfide) groups is 1. The first-order valence-electron chi connectivity index (χ1n) is 8.58. The van der Waals surface area contributed by atoms with E-state index in [1.807, 2.05) is 0 Å². The molecule has 7 heteroatoms. The maximum atomic E-state index is 13.0. The van der Waals surface area contributed by atoms with Gasteiger partial charge in [-0.15, -0.1) is 11.8 Å². The van der Waals surface area contributed by atoms with Crippen molar-refractivity contribution < 1.29 is 19.1 Å². The van der Waals surface area contributed by atoms with Crippen LogP contribution in [0.15, 0.2) is 34.9 Å². The van der Waals surface area contributed by atoms with Crippen LogP contribution in [-0.4, -0.2) is 55.8 Å². The Morgan fingerprint density at radius 2 is 1.96 bits per heavy atom. The first-order chi connectivity index (χ1) is 12.5. The van der Waals surface area contributed by atoms with Crippen molar-refractivity contribution in [3.8, 4) is 0 Å². The Labute approximate surface area is 162 Å². The molecule has 1 aliphatic carbocycles. The lowest BCUT2D eigenvalue weighted by molar-refractivity contribution is -0.116. The Morgan fingerprint density at radius 3 is 2.58 bits per heavy atom. The average Bonchev–Trinajstić information content (AvgIpc) is 3.34. The fourth-order valence-corrected chi connectivity index (χ4v) is 3.84. The Balaban J connectivity index is 1.78. The largest absolute Gasteiger partial charge is 0.383 e. The molecule has 0 atom stereocenters. The van der Waals surface area contributed by atoms with Crippen molar-refractivity contribution in [2.75, 3.05) is 33.1 Å². The first-order valence-corrected chi connectivity index (χ1v) is 9.95. The molecule has 0 amide bonds. The molecule has 1 heterocycles. The van der Waals surface area contributed by atoms with Crippen molar-refractivity contribution in [2.24, 2.45) is 5.92 Å². The molecule has 26 heavy (non-hydrogen) atoms. The summed E-state index contributed by atoms with van der Waals surface area (Å²) in [6, 6.07) is 5.11. The molecule has 0 spiro atoms. The highest BCUT2D eigenvalue weighted by molar-refractivity contribution is 7.99. The topological polar surface area (TPSA) is 55.8 Å². The fourth-order valence-electron chi connectivity index (χ4n) is 2.63. The highest BCUT2D eigenvalue weighted by Gasteiger charge is 2.35. The number of hydrogen-bond acceptors (Lipinski definition) is 6. The maximum absolute atomic E-state index is 13.0. The van der Waals surface area contributed by atoms with Gasteiger partial charge in [0, 0.05) is 42.4 Å². The van der Waals surface area contributed by atoms with Crippen LogP contribution in [0.4, 0.5) is 0 Å². The summed E-state index contributed by atoms with van der Waals surface area (Å²) in [6.45, 7) is 1.19. The smallest absolute Gasteiger partial charge is 0.198 e. The van der Waals surface area contributed by atoms with Crippen LogP contribution in [-0.2, 0) is 14.3 Å². The summed E-state index contributed by atoms with van der Waals surface area (Å²) in [7, 11) is 3.61. The second kappa shape index (κ2) is 8.57. The Morgan fingerprint density at radius 1 is 1.27 bits per heavy atom. The predicted octanol–water partition coefficient (Wildman–Crippen LogP) is 3.41. The van der Waals surface area contributed by atoms with Crippen LogP contribution in [0, 0.1) is 5.92 Å². The van der Waals surface area contributed by atoms with Crippen molar-refractivity contribution in [2.45, 2.75) is 24.0 Å². The summed E-state index contributed by atoms with van der Waals surface area (Å²) >= 11 is 7.75. The lowest BCUT2D eigenvalue weighted by Gasteiger charge is -2.13. The predicted molar refractivity (Wildman–Crippen MR) is 102 cm³/mol. The zero-order valence-electron chi connectivity index (χ0n) is 14.9. The van der Waals surface area contributed by atoms with Crippen LogP contribution in [0.3, 0.4) is 0 Å². The Hall–Kier alpha value is -1.34. The molecule has 0 unspecified atom stereocenters. The molecule has 0 bridgehead atoms. The summed E-state index contributed by atoms with van der Waals surface area (Å²) < 4.78 is 10.9. The number of hydrogen-bond donors (Lipinski definition) is 0. The van der Waals surface area contributed by atoms with E-state index in [9.17, 15) is 9.59 Å². The zero-order valence-corrected chi connectivity index (χ0v) is 16.4. The van der Waals surface area contributed by atoms with Crippen LogP contribution >= 0.6 is 23.4 Å². The van der Waals surface area contributed by atoms with Crippen molar-refractivity contribution in [3.63, 3.8) is 0 Å². The number of ketones is 2. The molecule has 140 valence electrons. The van der Waals surface area contributed by atoms with Gasteiger partial charge in [-0.1, -0.05) is 11.6 Å². The van der Waals surface area contributed by atoms with Crippen LogP contribution in [0.25, 0.3) is 0 Å². The first kappa shape index (κ1) is 19.4. The number of halogens is 1. The molecule has 1 aromatic carbocycles. The van der Waals surface area contributed by atoms with Gasteiger partial charge in [0.25, 0.3) is 0 Å². The lowest BCUT2D eigenvalue weighted by atomic mass is 9.98. The fraction of sp³-hybridized carbons (Fsp3) is 0.474. The molecule has 1 saturated heterocycles. The van der Waals surface area contributed by atoms with Gasteiger partial charge in [0.05, 0.1) is 23.8 Å². The van der Waals surface area contributed by atoms with E-state index in [-0.39, 0.29) is 29.3 Å². The quantitative estimate of drug-likeness (QED) is 0.221. The van der Waals surface area contributed by atoms with E-state index in [1.165, 1.54) is 11.8 Å². The molecule has 2 fully saturated rings. The molecule has 0 aromatic heterocycles. The summed E-state index contributed by atoms with van der Waals surface area (Å²) in [5.74, 6) is 0.254. The van der Waals surface area contributed by atoms with Crippen LogP contribution < -0.4 is 0 Å². The second-order valence-electron chi connectivity index (χ2n) is 6.60. The number of Topliss-reactive ketones (excluding diaryl/α,β-unsaturated/α-hetero) is 2. The molecule has 3 rings (SSSR count). The Bertz CT molecular complexity index is 724. The van der Waals surface area contributed by atoms with E-state index in [4.69, 9.17) is 21.1 Å². The number of nitrogens with zero attached hydrogens (tertiary/aromatic N) is 1. The number of carbonyl (C=O) groups excluding carboxylic acids is 2. The van der Waals surface area contributed by atoms with Crippen LogP contribution in [0.1, 0.15) is 23.2 Å². The summed E-state index contributed by atoms with van der Waals surface area (Å²) in [5, 5.41) is 0.566. The van der Waals surface area contributed by atoms with Gasteiger partial charge in [-0.2, -0.15) is 0 Å². The van der Waals surface area contributed by atoms with Crippen molar-refractivity contribution in [1.82, 2.24) is 4.90 Å². The minimum Gasteiger partial charge on any atom is -0.383 e. The number of rotatable bonds is 8. The third-order valence-corrected chi connectivity index (χ3v) is 5.63. The second-order valence-corrected chi connectivity index (χ2v) is 8.07. The van der Waals surface area contributed by atoms with E-state index < -0.39 is 0 Å². The molecule has 5 nitrogen and oxygen atoms in total. The highest BCUT2D eigenvalue weighted by atomic mass is 35.5. The van der Waals surface area contributed by atoms with E-state index in [1.54, 1.807) is 43.4 Å². The van der Waals surface area contributed by atoms with Crippen LogP contribution in [0.5, 0.6) is 0 Å². The van der Waals surface area contributed by atoms with Gasteiger partial charge in [-0.25, -0.2) is 0 Å². The van der Waals surface area contributed by atoms with Gasteiger partial charge in [-0.3, -0.25) is 9.59 Å². The molecule has 2 aliphatic rings. The minimum atomic E-state index is -0.262. The lowest BCUT2D eigenvalue weighted by Crippen LogP contribution is -2.18. The monoisotopic (exact) mass is 395 g/mol. The summed E-state index contributed by atoms with van der Waals surface area (Å²) in [5.41, 5.74) is 0.700. The van der Waals surface area contributed by atoms with Crippen molar-refractivity contribution in [3.05, 3.63) is 40.6 Å². The van der Waals surface area contributed by atoms with Crippen molar-refractivity contribution >= 4 is 34.9 Å². The third kappa shape index (κ3) is 4.88. The van der Waals surface area contributed by atoms with Gasteiger partial charge in [0.2, 0.25) is 0 Å². The average molecular weight is 396 g/mol. The zero-order chi connectivity index (χ0) is 18.7. The van der Waals surface area contributed by atoms with Gasteiger partial charge < -0.3 is 14.4 Å². The minimum absolute atomic E-state index is 0.0111. The third-order valence-electron chi connectivity index (χ3n) is 4.10. The normalized spacial score (nSPS) is 18.2. The molecule has 1 aromatic rings. The number of ether oxygens (including phenoxy) is 2. The number of benzene rings is 1. The van der Waals surface area contributed by atoms with Gasteiger partial charge in [-0.05, 0) is 31.0 Å². The van der Waals surface area contributed by atoms with E-state index >= 15 is 0 Å². The SMILES string of the molecule is CN(C)C=C(C(=O)c1ccc(Cl)c(SCC2OCCO2)c1)C(=O)C1CC1. The van der Waals surface area contributed by atoms with Crippen molar-refractivity contribution in [1.29, 1.82) is 0 Å². The van der Waals surface area contributed by atoms with Gasteiger partial charge in [0.15, 0.2) is 17.9 Å². The summed E-state index contributed by atoms with van der Waals surface area (Å²) in [4.78, 5) is 28.0. The van der Waals surface area contributed by atoms with Gasteiger partial charge in [0.1, 0.15) is 0 Å². The Kier molecular flexibility index (Phi) is 6.40. The maximum Gasteiger partial charge on any atom is 0.198 e. The van der Waals surface area contributed by atoms with Crippen LogP contribution in [0.2, 0.25) is 5.02 Å². The molecule has 0 radical (unpaired) electrons. The standard InChI is InChI=1S/C19H22ClNO4S/c1-21(2)10-14(18(22)12-3-4-12)19(23)13-5-6-15(20)16(9-13)26-11-17-24-7-8-25-17/h5-6,9-10,12,17H,3-4,7-8,11H2,1-2H3. The van der Waals surface area contributed by atoms with E-state index in [0.717, 1.165) is 17.7 Å². The number of allylic oxidation sites excluding steroid dienone is 1. The molecule has 0 N–H and O–H groups in total. The van der Waals surface area contributed by atoms with Gasteiger partial charge >= 0.3 is 0 Å². The van der Waals surface area contributed by atoms with E-state index in [0.29, 0.717) is 29.6 Å². The molecular weight excluding hydrogens is 374 g/mol.